The van der Waals surface area contributed by atoms with Gasteiger partial charge in [-0.2, -0.15) is 4.98 Å². The molecule has 1 heterocycles. The number of benzene rings is 2. The van der Waals surface area contributed by atoms with Crippen LogP contribution in [0.3, 0.4) is 0 Å². The molecule has 0 aliphatic carbocycles. The van der Waals surface area contributed by atoms with Crippen LogP contribution >= 0.6 is 22.6 Å². The van der Waals surface area contributed by atoms with Gasteiger partial charge < -0.3 is 10.2 Å². The van der Waals surface area contributed by atoms with Gasteiger partial charge in [-0.1, -0.05) is 0 Å². The molecule has 2 N–H and O–H groups in total. The van der Waals surface area contributed by atoms with Gasteiger partial charge in [0.15, 0.2) is 0 Å². The van der Waals surface area contributed by atoms with Crippen molar-refractivity contribution in [1.29, 1.82) is 0 Å². The first-order chi connectivity index (χ1) is 14.3. The number of nitrogens with zero attached hydrogens (tertiary/aromatic N) is 3. The first-order valence-corrected chi connectivity index (χ1v) is 12.1. The van der Waals surface area contributed by atoms with E-state index in [9.17, 15) is 8.42 Å². The molecule has 9 heteroatoms. The largest absolute Gasteiger partial charge is 0.357 e. The maximum Gasteiger partial charge on any atom is 0.261 e. The Kier molecular flexibility index (Phi) is 7.14. The zero-order chi connectivity index (χ0) is 21.7. The van der Waals surface area contributed by atoms with Crippen molar-refractivity contribution in [3.8, 4) is 0 Å². The van der Waals surface area contributed by atoms with Crippen LogP contribution in [0.4, 0.5) is 23.1 Å². The minimum absolute atomic E-state index is 0.224. The summed E-state index contributed by atoms with van der Waals surface area (Å²) in [7, 11) is -3.63. The monoisotopic (exact) mass is 537 g/mol. The van der Waals surface area contributed by atoms with Gasteiger partial charge in [0, 0.05) is 39.8 Å². The lowest BCUT2D eigenvalue weighted by Gasteiger charge is -2.20. The van der Waals surface area contributed by atoms with E-state index in [4.69, 9.17) is 0 Å². The van der Waals surface area contributed by atoms with E-state index in [0.717, 1.165) is 33.9 Å². The Bertz CT molecular complexity index is 1100. The van der Waals surface area contributed by atoms with E-state index in [1.165, 1.54) is 0 Å². The summed E-state index contributed by atoms with van der Waals surface area (Å²) in [5.74, 6) is 1.38. The molecule has 7 nitrogen and oxygen atoms in total. The summed E-state index contributed by atoms with van der Waals surface area (Å²) >= 11 is 2.14. The van der Waals surface area contributed by atoms with Gasteiger partial charge in [-0.3, -0.25) is 4.72 Å². The fourth-order valence-electron chi connectivity index (χ4n) is 2.90. The van der Waals surface area contributed by atoms with Crippen LogP contribution in [-0.2, 0) is 10.0 Å². The Hall–Kier alpha value is -2.40. The van der Waals surface area contributed by atoms with Gasteiger partial charge in [0.25, 0.3) is 10.0 Å². The van der Waals surface area contributed by atoms with Crippen LogP contribution in [0.1, 0.15) is 19.5 Å². The molecule has 0 saturated carbocycles. The van der Waals surface area contributed by atoms with Crippen molar-refractivity contribution in [3.63, 3.8) is 0 Å². The highest BCUT2D eigenvalue weighted by Crippen LogP contribution is 2.22. The van der Waals surface area contributed by atoms with E-state index in [-0.39, 0.29) is 4.90 Å². The summed E-state index contributed by atoms with van der Waals surface area (Å²) in [5.41, 5.74) is 2.12. The van der Waals surface area contributed by atoms with Crippen LogP contribution in [0.25, 0.3) is 0 Å². The number of aromatic nitrogens is 2. The lowest BCUT2D eigenvalue weighted by Crippen LogP contribution is -2.23. The highest BCUT2D eigenvalue weighted by atomic mass is 127. The molecule has 0 saturated heterocycles. The zero-order valence-corrected chi connectivity index (χ0v) is 20.0. The number of anilines is 4. The molecule has 158 valence electrons. The van der Waals surface area contributed by atoms with Crippen molar-refractivity contribution in [2.45, 2.75) is 25.7 Å². The predicted octanol–water partition coefficient (Wildman–Crippen LogP) is 4.78. The molecule has 30 heavy (non-hydrogen) atoms. The lowest BCUT2D eigenvalue weighted by molar-refractivity contribution is 0.601. The molecule has 1 aromatic heterocycles. The van der Waals surface area contributed by atoms with Crippen molar-refractivity contribution < 1.29 is 8.42 Å². The number of aryl methyl sites for hydroxylation is 1. The predicted molar refractivity (Wildman–Crippen MR) is 130 cm³/mol. The molecule has 0 spiro atoms. The van der Waals surface area contributed by atoms with Crippen LogP contribution in [0, 0.1) is 10.5 Å². The fraction of sp³-hybridized carbons (Fsp3) is 0.238. The third-order valence-corrected chi connectivity index (χ3v) is 6.56. The van der Waals surface area contributed by atoms with Gasteiger partial charge in [0.05, 0.1) is 4.90 Å². The van der Waals surface area contributed by atoms with Gasteiger partial charge in [-0.15, -0.1) is 0 Å². The van der Waals surface area contributed by atoms with Crippen molar-refractivity contribution in [1.82, 2.24) is 9.97 Å². The Morgan fingerprint density at radius 1 is 0.933 bits per heavy atom. The molecule has 0 radical (unpaired) electrons. The summed E-state index contributed by atoms with van der Waals surface area (Å²) in [5, 5.41) is 3.19. The average Bonchev–Trinajstić information content (AvgIpc) is 2.70. The molecule has 0 fully saturated rings. The van der Waals surface area contributed by atoms with E-state index < -0.39 is 10.0 Å². The fourth-order valence-corrected chi connectivity index (χ4v) is 4.31. The third kappa shape index (κ3) is 5.60. The van der Waals surface area contributed by atoms with Crippen LogP contribution in [-0.4, -0.2) is 31.5 Å². The Morgan fingerprint density at radius 3 is 2.13 bits per heavy atom. The quantitative estimate of drug-likeness (QED) is 0.403. The second-order valence-electron chi connectivity index (χ2n) is 6.63. The number of nitrogens with one attached hydrogen (secondary N) is 2. The minimum atomic E-state index is -3.63. The molecule has 2 aromatic carbocycles. The van der Waals surface area contributed by atoms with E-state index in [1.807, 2.05) is 13.0 Å². The minimum Gasteiger partial charge on any atom is -0.357 e. The van der Waals surface area contributed by atoms with E-state index in [2.05, 4.69) is 61.3 Å². The first kappa shape index (κ1) is 22.3. The van der Waals surface area contributed by atoms with E-state index >= 15 is 0 Å². The van der Waals surface area contributed by atoms with E-state index in [1.54, 1.807) is 48.5 Å². The SMILES string of the molecule is CCN(CC)c1cc(C)nc(Nc2ccc(NS(=O)(=O)c3ccc(I)cc3)cc2)n1. The molecule has 0 bridgehead atoms. The van der Waals surface area contributed by atoms with Crippen LogP contribution in [0.5, 0.6) is 0 Å². The molecule has 0 amide bonds. The Balaban J connectivity index is 1.74. The van der Waals surface area contributed by atoms with E-state index in [0.29, 0.717) is 11.6 Å². The van der Waals surface area contributed by atoms with Gasteiger partial charge in [-0.25, -0.2) is 13.4 Å². The topological polar surface area (TPSA) is 87.2 Å². The van der Waals surface area contributed by atoms with Crippen LogP contribution < -0.4 is 14.9 Å². The van der Waals surface area contributed by atoms with Crippen LogP contribution in [0.15, 0.2) is 59.5 Å². The maximum absolute atomic E-state index is 12.5. The maximum atomic E-state index is 12.5. The molecular weight excluding hydrogens is 513 g/mol. The van der Waals surface area contributed by atoms with Gasteiger partial charge in [0.2, 0.25) is 5.95 Å². The van der Waals surface area contributed by atoms with Crippen LogP contribution in [0.2, 0.25) is 0 Å². The normalized spacial score (nSPS) is 11.2. The van der Waals surface area contributed by atoms with Crippen molar-refractivity contribution in [2.24, 2.45) is 0 Å². The number of hydrogen-bond acceptors (Lipinski definition) is 6. The smallest absolute Gasteiger partial charge is 0.261 e. The second-order valence-corrected chi connectivity index (χ2v) is 9.55. The molecule has 3 aromatic rings. The summed E-state index contributed by atoms with van der Waals surface area (Å²) < 4.78 is 28.6. The van der Waals surface area contributed by atoms with Crippen molar-refractivity contribution in [2.75, 3.05) is 28.0 Å². The van der Waals surface area contributed by atoms with Gasteiger partial charge in [0.1, 0.15) is 5.82 Å². The Morgan fingerprint density at radius 2 is 1.53 bits per heavy atom. The van der Waals surface area contributed by atoms with Gasteiger partial charge >= 0.3 is 0 Å². The molecule has 0 unspecified atom stereocenters. The number of hydrogen-bond donors (Lipinski definition) is 2. The Labute approximate surface area is 191 Å². The average molecular weight is 537 g/mol. The standard InChI is InChI=1S/C21H24IN5O2S/c1-4-27(5-2)20-14-15(3)23-21(25-20)24-17-8-10-18(11-9-17)26-30(28,29)19-12-6-16(22)7-13-19/h6-14,26H,4-5H2,1-3H3,(H,23,24,25). The molecule has 0 aliphatic heterocycles. The number of sulfonamides is 1. The highest BCUT2D eigenvalue weighted by Gasteiger charge is 2.14. The molecule has 3 rings (SSSR count). The summed E-state index contributed by atoms with van der Waals surface area (Å²) in [6.45, 7) is 7.83. The van der Waals surface area contributed by atoms with Crippen molar-refractivity contribution >= 4 is 55.8 Å². The molecule has 0 atom stereocenters. The summed E-state index contributed by atoms with van der Waals surface area (Å²) in [4.78, 5) is 11.4. The lowest BCUT2D eigenvalue weighted by atomic mass is 10.3. The second kappa shape index (κ2) is 9.61. The first-order valence-electron chi connectivity index (χ1n) is 9.57. The zero-order valence-electron chi connectivity index (χ0n) is 17.1. The summed E-state index contributed by atoms with van der Waals surface area (Å²) in [6.07, 6.45) is 0. The molecule has 0 aliphatic rings. The molecular formula is C21H24IN5O2S. The third-order valence-electron chi connectivity index (χ3n) is 4.45. The highest BCUT2D eigenvalue weighted by molar-refractivity contribution is 14.1. The summed E-state index contributed by atoms with van der Waals surface area (Å²) in [6, 6.07) is 15.6. The van der Waals surface area contributed by atoms with Gasteiger partial charge in [-0.05, 0) is 91.9 Å². The number of rotatable bonds is 8. The van der Waals surface area contributed by atoms with Crippen molar-refractivity contribution in [3.05, 3.63) is 63.9 Å². The number of halogens is 1.